The van der Waals surface area contributed by atoms with Crippen molar-refractivity contribution in [1.29, 1.82) is 0 Å². The van der Waals surface area contributed by atoms with Gasteiger partial charge in [-0.15, -0.1) is 0 Å². The Hall–Kier alpha value is -2.73. The van der Waals surface area contributed by atoms with Gasteiger partial charge in [0.1, 0.15) is 24.6 Å². The molecule has 2 aromatic heterocycles. The van der Waals surface area contributed by atoms with E-state index < -0.39 is 42.8 Å². The third kappa shape index (κ3) is 3.18. The smallest absolute Gasteiger partial charge is 0.167 e. The van der Waals surface area contributed by atoms with Crippen molar-refractivity contribution >= 4 is 17.0 Å². The number of rotatable bonds is 5. The van der Waals surface area contributed by atoms with Gasteiger partial charge in [0.05, 0.1) is 12.9 Å². The molecule has 3 aromatic rings. The first-order valence-corrected chi connectivity index (χ1v) is 8.47. The number of nitrogens with one attached hydrogen (secondary N) is 1. The number of hydrogen-bond acceptors (Lipinski definition) is 8. The number of nitrogens with zero attached hydrogens (tertiary/aromatic N) is 4. The summed E-state index contributed by atoms with van der Waals surface area (Å²) in [5.41, 5.74) is 1.20. The van der Waals surface area contributed by atoms with Gasteiger partial charge in [-0.25, -0.2) is 23.7 Å². The molecule has 0 saturated carbocycles. The van der Waals surface area contributed by atoms with Crippen molar-refractivity contribution in [3.63, 3.8) is 0 Å². The minimum Gasteiger partial charge on any atom is -0.394 e. The van der Waals surface area contributed by atoms with Crippen LogP contribution in [0.3, 0.4) is 0 Å². The normalized spacial score (nSPS) is 24.8. The fourth-order valence-corrected chi connectivity index (χ4v) is 3.11. The van der Waals surface area contributed by atoms with Gasteiger partial charge in [0.15, 0.2) is 34.8 Å². The Morgan fingerprint density at radius 2 is 1.93 bits per heavy atom. The van der Waals surface area contributed by atoms with E-state index in [9.17, 15) is 24.1 Å². The summed E-state index contributed by atoms with van der Waals surface area (Å²) in [6.45, 7) is -0.276. The van der Waals surface area contributed by atoms with E-state index in [2.05, 4.69) is 20.3 Å². The number of halogens is 2. The fourth-order valence-electron chi connectivity index (χ4n) is 3.11. The van der Waals surface area contributed by atoms with E-state index in [4.69, 9.17) is 4.74 Å². The van der Waals surface area contributed by atoms with Gasteiger partial charge >= 0.3 is 0 Å². The molecule has 4 N–H and O–H groups in total. The summed E-state index contributed by atoms with van der Waals surface area (Å²) in [7, 11) is 0. The molecule has 0 amide bonds. The Balaban J connectivity index is 1.59. The first-order chi connectivity index (χ1) is 13.5. The molecule has 0 radical (unpaired) electrons. The zero-order chi connectivity index (χ0) is 19.8. The quantitative estimate of drug-likeness (QED) is 0.489. The number of anilines is 1. The molecule has 3 heterocycles. The van der Waals surface area contributed by atoms with Gasteiger partial charge in [0.2, 0.25) is 0 Å². The molecule has 0 bridgehead atoms. The second-order valence-corrected chi connectivity index (χ2v) is 6.38. The highest BCUT2D eigenvalue weighted by Gasteiger charge is 2.44. The SMILES string of the molecule is OC[C@H]1O[C@@H](n2cnc3c(NCc4ccc(F)c(F)c4)ncnc32)[C@H](O)[C@@H]1O. The summed E-state index contributed by atoms with van der Waals surface area (Å²) < 4.78 is 33.3. The molecule has 1 aromatic carbocycles. The maximum Gasteiger partial charge on any atom is 0.167 e. The maximum absolute atomic E-state index is 13.3. The molecule has 1 saturated heterocycles. The van der Waals surface area contributed by atoms with Crippen LogP contribution in [0.5, 0.6) is 0 Å². The monoisotopic (exact) mass is 393 g/mol. The van der Waals surface area contributed by atoms with Crippen LogP contribution in [0.2, 0.25) is 0 Å². The summed E-state index contributed by atoms with van der Waals surface area (Å²) in [6, 6.07) is 3.57. The fraction of sp³-hybridized carbons (Fsp3) is 0.353. The number of aliphatic hydroxyl groups excluding tert-OH is 3. The van der Waals surface area contributed by atoms with Crippen molar-refractivity contribution in [2.24, 2.45) is 0 Å². The molecule has 1 aliphatic rings. The van der Waals surface area contributed by atoms with Crippen LogP contribution >= 0.6 is 0 Å². The largest absolute Gasteiger partial charge is 0.394 e. The van der Waals surface area contributed by atoms with Gasteiger partial charge in [0.25, 0.3) is 0 Å². The lowest BCUT2D eigenvalue weighted by molar-refractivity contribution is -0.0511. The summed E-state index contributed by atoms with van der Waals surface area (Å²) in [5.74, 6) is -1.52. The highest BCUT2D eigenvalue weighted by atomic mass is 19.2. The highest BCUT2D eigenvalue weighted by molar-refractivity contribution is 5.82. The van der Waals surface area contributed by atoms with Gasteiger partial charge in [-0.05, 0) is 17.7 Å². The van der Waals surface area contributed by atoms with Crippen molar-refractivity contribution in [3.05, 3.63) is 48.1 Å². The van der Waals surface area contributed by atoms with Gasteiger partial charge in [-0.1, -0.05) is 6.07 Å². The van der Waals surface area contributed by atoms with Crippen molar-refractivity contribution in [3.8, 4) is 0 Å². The molecule has 11 heteroatoms. The Morgan fingerprint density at radius 1 is 1.11 bits per heavy atom. The zero-order valence-corrected chi connectivity index (χ0v) is 14.4. The predicted octanol–water partition coefficient (Wildman–Crippen LogP) is 0.328. The van der Waals surface area contributed by atoms with Crippen molar-refractivity contribution < 1.29 is 28.8 Å². The summed E-state index contributed by atoms with van der Waals surface area (Å²) in [4.78, 5) is 12.5. The van der Waals surface area contributed by atoms with Crippen molar-refractivity contribution in [1.82, 2.24) is 19.5 Å². The molecule has 4 rings (SSSR count). The van der Waals surface area contributed by atoms with Crippen LogP contribution in [-0.4, -0.2) is 59.8 Å². The number of aromatic nitrogens is 4. The first-order valence-electron chi connectivity index (χ1n) is 8.47. The molecule has 0 aliphatic carbocycles. The van der Waals surface area contributed by atoms with Crippen LogP contribution in [0.4, 0.5) is 14.6 Å². The summed E-state index contributed by atoms with van der Waals surface area (Å²) in [6.07, 6.45) is -1.78. The predicted molar refractivity (Wildman–Crippen MR) is 92.0 cm³/mol. The van der Waals surface area contributed by atoms with Crippen LogP contribution < -0.4 is 5.32 Å². The number of fused-ring (bicyclic) bond motifs is 1. The van der Waals surface area contributed by atoms with Crippen molar-refractivity contribution in [2.75, 3.05) is 11.9 Å². The molecule has 0 spiro atoms. The van der Waals surface area contributed by atoms with E-state index in [1.165, 1.54) is 23.3 Å². The van der Waals surface area contributed by atoms with Crippen molar-refractivity contribution in [2.45, 2.75) is 31.1 Å². The van der Waals surface area contributed by atoms with Gasteiger partial charge in [0, 0.05) is 6.54 Å². The molecule has 4 atom stereocenters. The van der Waals surface area contributed by atoms with E-state index in [0.717, 1.165) is 12.1 Å². The summed E-state index contributed by atoms with van der Waals surface area (Å²) >= 11 is 0. The molecular weight excluding hydrogens is 376 g/mol. The number of aliphatic hydroxyl groups is 3. The minimum absolute atomic E-state index is 0.171. The third-order valence-corrected chi connectivity index (χ3v) is 4.59. The number of ether oxygens (including phenoxy) is 1. The standard InChI is InChI=1S/C17H17F2N5O4/c18-9-2-1-8(3-10(9)19)4-20-15-12-16(22-6-21-15)24(7-23-12)17-14(27)13(26)11(5-25)28-17/h1-3,6-7,11,13-14,17,25-27H,4-5H2,(H,20,21,22)/t11-,13-,14-,17-/m1/s1. The van der Waals surface area contributed by atoms with Gasteiger partial charge < -0.3 is 25.4 Å². The van der Waals surface area contributed by atoms with E-state index >= 15 is 0 Å². The van der Waals surface area contributed by atoms with Crippen LogP contribution in [0, 0.1) is 11.6 Å². The number of benzene rings is 1. The Bertz CT molecular complexity index is 1000. The molecule has 1 fully saturated rings. The topological polar surface area (TPSA) is 126 Å². The Kier molecular flexibility index (Phi) is 4.89. The third-order valence-electron chi connectivity index (χ3n) is 4.59. The van der Waals surface area contributed by atoms with E-state index in [0.29, 0.717) is 22.5 Å². The van der Waals surface area contributed by atoms with Gasteiger partial charge in [-0.2, -0.15) is 0 Å². The first kappa shape index (κ1) is 18.6. The number of hydrogen-bond donors (Lipinski definition) is 4. The van der Waals surface area contributed by atoms with Crippen LogP contribution in [0.25, 0.3) is 11.2 Å². The van der Waals surface area contributed by atoms with Crippen LogP contribution in [-0.2, 0) is 11.3 Å². The molecule has 0 unspecified atom stereocenters. The van der Waals surface area contributed by atoms with E-state index in [1.807, 2.05) is 0 Å². The Morgan fingerprint density at radius 3 is 2.64 bits per heavy atom. The molecule has 148 valence electrons. The maximum atomic E-state index is 13.3. The molecular formula is C17H17F2N5O4. The summed E-state index contributed by atoms with van der Waals surface area (Å²) in [5, 5.41) is 32.4. The zero-order valence-electron chi connectivity index (χ0n) is 14.4. The lowest BCUT2D eigenvalue weighted by atomic mass is 10.1. The van der Waals surface area contributed by atoms with Crippen LogP contribution in [0.15, 0.2) is 30.9 Å². The minimum atomic E-state index is -1.27. The van der Waals surface area contributed by atoms with E-state index in [1.54, 1.807) is 0 Å². The molecule has 1 aliphatic heterocycles. The lowest BCUT2D eigenvalue weighted by Crippen LogP contribution is -2.33. The number of imidazole rings is 1. The van der Waals surface area contributed by atoms with E-state index in [-0.39, 0.29) is 6.54 Å². The van der Waals surface area contributed by atoms with Crippen LogP contribution in [0.1, 0.15) is 11.8 Å². The van der Waals surface area contributed by atoms with Gasteiger partial charge in [-0.3, -0.25) is 4.57 Å². The second-order valence-electron chi connectivity index (χ2n) is 6.38. The highest BCUT2D eigenvalue weighted by Crippen LogP contribution is 2.32. The second kappa shape index (κ2) is 7.36. The molecule has 9 nitrogen and oxygen atoms in total. The Labute approximate surface area is 157 Å². The lowest BCUT2D eigenvalue weighted by Gasteiger charge is -2.16. The average molecular weight is 393 g/mol. The molecule has 28 heavy (non-hydrogen) atoms. The average Bonchev–Trinajstić information content (AvgIpc) is 3.24.